The number of methoxy groups -OCH3 is 3. The van der Waals surface area contributed by atoms with Gasteiger partial charge >= 0.3 is 11.9 Å². The van der Waals surface area contributed by atoms with E-state index in [-0.39, 0.29) is 22.6 Å². The fourth-order valence-corrected chi connectivity index (χ4v) is 2.07. The van der Waals surface area contributed by atoms with Crippen LogP contribution in [0.5, 0.6) is 17.2 Å². The number of cyclic esters (lactones) is 2. The first-order chi connectivity index (χ1) is 8.56. The zero-order chi connectivity index (χ0) is 13.4. The lowest BCUT2D eigenvalue weighted by atomic mass is 10.0. The highest BCUT2D eigenvalue weighted by Gasteiger charge is 2.40. The van der Waals surface area contributed by atoms with Crippen molar-refractivity contribution >= 4 is 11.9 Å². The number of esters is 2. The zero-order valence-corrected chi connectivity index (χ0v) is 10.4. The van der Waals surface area contributed by atoms with Gasteiger partial charge in [-0.2, -0.15) is 0 Å². The molecule has 1 aromatic rings. The van der Waals surface area contributed by atoms with Crippen LogP contribution >= 0.6 is 0 Å². The Morgan fingerprint density at radius 2 is 1.22 bits per heavy atom. The molecule has 0 bridgehead atoms. The standard InChI is InChI=1S/C12H12O6/c1-5-8(15-2)6-7(12(14)18-11(6)13)10(17-4)9(5)16-3/h1-4H3. The average Bonchev–Trinajstić information content (AvgIpc) is 2.63. The van der Waals surface area contributed by atoms with Crippen molar-refractivity contribution < 1.29 is 28.5 Å². The SMILES string of the molecule is COc1c(C)c(OC)c2c(c1OC)C(=O)OC2=O. The minimum absolute atomic E-state index is 0.0433. The van der Waals surface area contributed by atoms with Crippen LogP contribution < -0.4 is 14.2 Å². The van der Waals surface area contributed by atoms with Crippen molar-refractivity contribution in [2.24, 2.45) is 0 Å². The highest BCUT2D eigenvalue weighted by molar-refractivity contribution is 6.18. The Balaban J connectivity index is 2.90. The minimum Gasteiger partial charge on any atom is -0.495 e. The summed E-state index contributed by atoms with van der Waals surface area (Å²) in [7, 11) is 4.24. The van der Waals surface area contributed by atoms with E-state index in [1.165, 1.54) is 21.3 Å². The van der Waals surface area contributed by atoms with E-state index >= 15 is 0 Å². The average molecular weight is 252 g/mol. The number of fused-ring (bicyclic) bond motifs is 1. The van der Waals surface area contributed by atoms with Crippen molar-refractivity contribution in [3.8, 4) is 17.2 Å². The first-order valence-corrected chi connectivity index (χ1v) is 5.15. The Hall–Kier alpha value is -2.24. The lowest BCUT2D eigenvalue weighted by molar-refractivity contribution is 0.0441. The van der Waals surface area contributed by atoms with Crippen LogP contribution in [-0.4, -0.2) is 33.3 Å². The van der Waals surface area contributed by atoms with E-state index in [9.17, 15) is 9.59 Å². The van der Waals surface area contributed by atoms with Gasteiger partial charge in [-0.25, -0.2) is 9.59 Å². The van der Waals surface area contributed by atoms with Crippen LogP contribution in [0.1, 0.15) is 26.3 Å². The number of carbonyl (C=O) groups excluding carboxylic acids is 2. The van der Waals surface area contributed by atoms with Crippen molar-refractivity contribution in [2.45, 2.75) is 6.92 Å². The van der Waals surface area contributed by atoms with E-state index in [1.54, 1.807) is 6.92 Å². The summed E-state index contributed by atoms with van der Waals surface area (Å²) in [6, 6.07) is 0. The van der Waals surface area contributed by atoms with Crippen molar-refractivity contribution in [3.05, 3.63) is 16.7 Å². The fourth-order valence-electron chi connectivity index (χ4n) is 2.07. The second-order valence-electron chi connectivity index (χ2n) is 3.65. The Labute approximate surface area is 103 Å². The molecule has 0 unspecified atom stereocenters. The Morgan fingerprint density at radius 1 is 0.778 bits per heavy atom. The molecule has 6 heteroatoms. The topological polar surface area (TPSA) is 71.1 Å². The molecule has 1 aliphatic rings. The Kier molecular flexibility index (Phi) is 2.86. The van der Waals surface area contributed by atoms with Gasteiger partial charge in [0.2, 0.25) is 0 Å². The van der Waals surface area contributed by atoms with Gasteiger partial charge < -0.3 is 18.9 Å². The quantitative estimate of drug-likeness (QED) is 0.597. The maximum Gasteiger partial charge on any atom is 0.351 e. The first kappa shape index (κ1) is 12.2. The van der Waals surface area contributed by atoms with Crippen LogP contribution in [0.15, 0.2) is 0 Å². The van der Waals surface area contributed by atoms with Crippen LogP contribution in [0.2, 0.25) is 0 Å². The number of rotatable bonds is 3. The minimum atomic E-state index is -0.761. The van der Waals surface area contributed by atoms with Crippen molar-refractivity contribution in [3.63, 3.8) is 0 Å². The molecule has 0 aliphatic carbocycles. The summed E-state index contributed by atoms with van der Waals surface area (Å²) in [5.74, 6) is -0.709. The molecule has 0 atom stereocenters. The van der Waals surface area contributed by atoms with Gasteiger partial charge in [0.25, 0.3) is 0 Å². The van der Waals surface area contributed by atoms with Crippen LogP contribution in [0.4, 0.5) is 0 Å². The number of hydrogen-bond acceptors (Lipinski definition) is 6. The number of hydrogen-bond donors (Lipinski definition) is 0. The summed E-state index contributed by atoms with van der Waals surface area (Å²) in [5.41, 5.74) is 0.696. The molecule has 0 saturated carbocycles. The molecular weight excluding hydrogens is 240 g/mol. The van der Waals surface area contributed by atoms with E-state index < -0.39 is 11.9 Å². The van der Waals surface area contributed by atoms with E-state index in [0.29, 0.717) is 11.3 Å². The number of benzene rings is 1. The summed E-state index contributed by atoms with van der Waals surface area (Å²) in [5, 5.41) is 0. The third-order valence-electron chi connectivity index (χ3n) is 2.80. The van der Waals surface area contributed by atoms with Gasteiger partial charge in [-0.3, -0.25) is 0 Å². The van der Waals surface area contributed by atoms with Gasteiger partial charge in [-0.05, 0) is 6.92 Å². The first-order valence-electron chi connectivity index (χ1n) is 5.15. The van der Waals surface area contributed by atoms with E-state index in [0.717, 1.165) is 0 Å². The maximum absolute atomic E-state index is 11.7. The number of ether oxygens (including phenoxy) is 4. The summed E-state index contributed by atoms with van der Waals surface area (Å²) < 4.78 is 20.1. The molecule has 1 aromatic carbocycles. The summed E-state index contributed by atoms with van der Waals surface area (Å²) in [6.45, 7) is 1.70. The molecule has 2 rings (SSSR count). The molecular formula is C12H12O6. The van der Waals surface area contributed by atoms with Gasteiger partial charge in [0.15, 0.2) is 11.5 Å². The second kappa shape index (κ2) is 4.21. The summed E-state index contributed by atoms with van der Waals surface area (Å²) >= 11 is 0. The van der Waals surface area contributed by atoms with Crippen molar-refractivity contribution in [2.75, 3.05) is 21.3 Å². The molecule has 0 spiro atoms. The van der Waals surface area contributed by atoms with Gasteiger partial charge in [-0.15, -0.1) is 0 Å². The summed E-state index contributed by atoms with van der Waals surface area (Å²) in [4.78, 5) is 23.3. The van der Waals surface area contributed by atoms with Gasteiger partial charge in [0.1, 0.15) is 16.9 Å². The Bertz CT molecular complexity index is 546. The zero-order valence-electron chi connectivity index (χ0n) is 10.4. The predicted molar refractivity (Wildman–Crippen MR) is 60.6 cm³/mol. The van der Waals surface area contributed by atoms with Crippen molar-refractivity contribution in [1.82, 2.24) is 0 Å². The summed E-state index contributed by atoms with van der Waals surface area (Å²) in [6.07, 6.45) is 0. The van der Waals surface area contributed by atoms with Gasteiger partial charge in [0, 0.05) is 5.56 Å². The molecule has 0 saturated heterocycles. The maximum atomic E-state index is 11.7. The third kappa shape index (κ3) is 1.42. The van der Waals surface area contributed by atoms with Gasteiger partial charge in [-0.1, -0.05) is 0 Å². The highest BCUT2D eigenvalue weighted by Crippen LogP contribution is 2.46. The van der Waals surface area contributed by atoms with E-state index in [2.05, 4.69) is 4.74 Å². The lowest BCUT2D eigenvalue weighted by Gasteiger charge is -2.16. The van der Waals surface area contributed by atoms with Crippen molar-refractivity contribution in [1.29, 1.82) is 0 Å². The monoisotopic (exact) mass is 252 g/mol. The van der Waals surface area contributed by atoms with E-state index in [1.807, 2.05) is 0 Å². The molecule has 0 aromatic heterocycles. The predicted octanol–water partition coefficient (Wildman–Crippen LogP) is 1.33. The molecule has 0 radical (unpaired) electrons. The molecule has 0 amide bonds. The van der Waals surface area contributed by atoms with Crippen LogP contribution in [0.3, 0.4) is 0 Å². The lowest BCUT2D eigenvalue weighted by Crippen LogP contribution is -2.05. The Morgan fingerprint density at radius 3 is 1.67 bits per heavy atom. The molecule has 1 heterocycles. The smallest absolute Gasteiger partial charge is 0.351 e. The molecule has 18 heavy (non-hydrogen) atoms. The normalized spacial score (nSPS) is 13.1. The molecule has 1 aliphatic heterocycles. The molecule has 0 N–H and O–H groups in total. The number of carbonyl (C=O) groups is 2. The molecule has 0 fully saturated rings. The second-order valence-corrected chi connectivity index (χ2v) is 3.65. The molecule has 96 valence electrons. The fraction of sp³-hybridized carbons (Fsp3) is 0.333. The van der Waals surface area contributed by atoms with Gasteiger partial charge in [0.05, 0.1) is 21.3 Å². The highest BCUT2D eigenvalue weighted by atomic mass is 16.6. The van der Waals surface area contributed by atoms with Crippen LogP contribution in [-0.2, 0) is 4.74 Å². The van der Waals surface area contributed by atoms with E-state index in [4.69, 9.17) is 14.2 Å². The largest absolute Gasteiger partial charge is 0.495 e. The van der Waals surface area contributed by atoms with Crippen LogP contribution in [0, 0.1) is 6.92 Å². The molecule has 6 nitrogen and oxygen atoms in total. The van der Waals surface area contributed by atoms with Crippen LogP contribution in [0.25, 0.3) is 0 Å². The third-order valence-corrected chi connectivity index (χ3v) is 2.80.